The Balaban J connectivity index is 4.77. The van der Waals surface area contributed by atoms with Crippen molar-refractivity contribution in [3.05, 3.63) is 0 Å². The van der Waals surface area contributed by atoms with Crippen molar-refractivity contribution in [2.45, 2.75) is 83.8 Å². The highest BCUT2D eigenvalue weighted by molar-refractivity contribution is 6.74. The molecular weight excluding hydrogens is 360 g/mol. The van der Waals surface area contributed by atoms with Gasteiger partial charge >= 0.3 is 0 Å². The second-order valence-corrected chi connectivity index (χ2v) is 19.8. The summed E-state index contributed by atoms with van der Waals surface area (Å²) < 4.78 is 12.5. The maximum absolute atomic E-state index is 11.4. The van der Waals surface area contributed by atoms with E-state index in [1.165, 1.54) is 0 Å². The molecule has 0 aromatic carbocycles. The van der Waals surface area contributed by atoms with Crippen LogP contribution in [0.2, 0.25) is 36.3 Å². The van der Waals surface area contributed by atoms with Gasteiger partial charge in [-0.2, -0.15) is 0 Å². The quantitative estimate of drug-likeness (QED) is 0.418. The van der Waals surface area contributed by atoms with Gasteiger partial charge in [-0.15, -0.1) is 0 Å². The van der Waals surface area contributed by atoms with Gasteiger partial charge in [-0.1, -0.05) is 41.5 Å². The normalized spacial score (nSPS) is 15.4. The second kappa shape index (κ2) is 9.93. The fourth-order valence-electron chi connectivity index (χ4n) is 2.00. The van der Waals surface area contributed by atoms with Crippen molar-refractivity contribution in [3.63, 3.8) is 0 Å². The lowest BCUT2D eigenvalue weighted by Gasteiger charge is -2.38. The van der Waals surface area contributed by atoms with E-state index in [9.17, 15) is 4.79 Å². The molecule has 0 aliphatic carbocycles. The van der Waals surface area contributed by atoms with E-state index >= 15 is 0 Å². The van der Waals surface area contributed by atoms with Gasteiger partial charge in [-0.3, -0.25) is 4.90 Å². The molecule has 0 aromatic heterocycles. The molecule has 0 fully saturated rings. The van der Waals surface area contributed by atoms with Gasteiger partial charge in [0.1, 0.15) is 6.29 Å². The molecule has 156 valence electrons. The van der Waals surface area contributed by atoms with Crippen LogP contribution in [0.4, 0.5) is 0 Å². The van der Waals surface area contributed by atoms with Crippen molar-refractivity contribution in [2.75, 3.05) is 32.8 Å². The summed E-state index contributed by atoms with van der Waals surface area (Å²) in [5, 5.41) is 0.363. The molecule has 0 rings (SSSR count). The number of aldehydes is 1. The number of nitrogens with zero attached hydrogens (tertiary/aromatic N) is 1. The highest BCUT2D eigenvalue weighted by Gasteiger charge is 2.38. The van der Waals surface area contributed by atoms with Crippen LogP contribution in [0.5, 0.6) is 0 Å². The molecule has 2 N–H and O–H groups in total. The lowest BCUT2D eigenvalue weighted by atomic mass is 10.2. The average Bonchev–Trinajstić information content (AvgIpc) is 2.45. The van der Waals surface area contributed by atoms with Crippen molar-refractivity contribution < 1.29 is 13.6 Å². The Labute approximate surface area is 164 Å². The minimum Gasteiger partial charge on any atom is -0.416 e. The first kappa shape index (κ1) is 25.9. The molecule has 5 nitrogen and oxygen atoms in total. The summed E-state index contributed by atoms with van der Waals surface area (Å²) in [5.74, 6) is 0. The highest BCUT2D eigenvalue weighted by atomic mass is 28.4. The van der Waals surface area contributed by atoms with Gasteiger partial charge < -0.3 is 19.4 Å². The first-order valence-corrected chi connectivity index (χ1v) is 15.6. The monoisotopic (exact) mass is 404 g/mol. The number of carbonyl (C=O) groups excluding carboxylic acids is 1. The molecule has 0 bridgehead atoms. The zero-order valence-electron chi connectivity index (χ0n) is 18.9. The summed E-state index contributed by atoms with van der Waals surface area (Å²) >= 11 is 0. The van der Waals surface area contributed by atoms with Crippen LogP contribution in [-0.4, -0.2) is 66.7 Å². The van der Waals surface area contributed by atoms with Gasteiger partial charge in [0, 0.05) is 32.8 Å². The van der Waals surface area contributed by atoms with Gasteiger partial charge in [0.2, 0.25) is 0 Å². The Morgan fingerprint density at radius 2 is 1.23 bits per heavy atom. The number of rotatable bonds is 11. The third kappa shape index (κ3) is 7.90. The van der Waals surface area contributed by atoms with Crippen molar-refractivity contribution >= 4 is 22.9 Å². The maximum atomic E-state index is 11.4. The third-order valence-corrected chi connectivity index (χ3v) is 15.2. The molecule has 1 atom stereocenters. The molecule has 0 amide bonds. The molecule has 0 spiro atoms. The SMILES string of the molecule is CC(C)(C)[Si](C)(C)OCCN(CCO[Si](C)(C)C(C)(C)C)C(C=O)CN. The maximum Gasteiger partial charge on any atom is 0.192 e. The van der Waals surface area contributed by atoms with Crippen LogP contribution in [-0.2, 0) is 13.6 Å². The second-order valence-electron chi connectivity index (χ2n) is 10.2. The summed E-state index contributed by atoms with van der Waals surface area (Å²) in [7, 11) is -3.57. The summed E-state index contributed by atoms with van der Waals surface area (Å²) in [6.07, 6.45) is 0.943. The van der Waals surface area contributed by atoms with E-state index in [2.05, 4.69) is 72.6 Å². The molecule has 0 heterocycles. The fourth-order valence-corrected chi connectivity index (χ4v) is 4.07. The van der Waals surface area contributed by atoms with Gasteiger partial charge in [0.25, 0.3) is 0 Å². The van der Waals surface area contributed by atoms with Crippen LogP contribution >= 0.6 is 0 Å². The third-order valence-electron chi connectivity index (χ3n) is 6.16. The van der Waals surface area contributed by atoms with Crippen LogP contribution in [0.3, 0.4) is 0 Å². The van der Waals surface area contributed by atoms with Crippen LogP contribution in [0.15, 0.2) is 0 Å². The minimum atomic E-state index is -1.78. The Bertz CT molecular complexity index is 397. The molecule has 0 saturated carbocycles. The molecule has 1 unspecified atom stereocenters. The molecule has 0 aromatic rings. The first-order chi connectivity index (χ1) is 11.6. The van der Waals surface area contributed by atoms with Gasteiger partial charge in [-0.25, -0.2) is 0 Å². The Kier molecular flexibility index (Phi) is 9.91. The standard InChI is InChI=1S/C19H44N2O3Si2/c1-18(2,3)25(7,8)23-13-11-21(17(15-20)16-22)12-14-24-26(9,10)19(4,5)6/h16-17H,11-15,20H2,1-10H3. The first-order valence-electron chi connectivity index (χ1n) is 9.76. The molecule has 0 aliphatic heterocycles. The van der Waals surface area contributed by atoms with Gasteiger partial charge in [0.05, 0.1) is 6.04 Å². The van der Waals surface area contributed by atoms with Gasteiger partial charge in [0.15, 0.2) is 16.6 Å². The van der Waals surface area contributed by atoms with Crippen LogP contribution in [0, 0.1) is 0 Å². The summed E-state index contributed by atoms with van der Waals surface area (Å²) in [5.41, 5.74) is 5.80. The topological polar surface area (TPSA) is 64.8 Å². The minimum absolute atomic E-state index is 0.182. The predicted octanol–water partition coefficient (Wildman–Crippen LogP) is 3.86. The Morgan fingerprint density at radius 3 is 1.46 bits per heavy atom. The van der Waals surface area contributed by atoms with Crippen LogP contribution < -0.4 is 5.73 Å². The Morgan fingerprint density at radius 1 is 0.885 bits per heavy atom. The number of hydrogen-bond donors (Lipinski definition) is 1. The summed E-state index contributed by atoms with van der Waals surface area (Å²) in [6.45, 7) is 25.4. The van der Waals surface area contributed by atoms with E-state index in [0.29, 0.717) is 32.8 Å². The molecular formula is C19H44N2O3Si2. The van der Waals surface area contributed by atoms with Crippen molar-refractivity contribution in [1.29, 1.82) is 0 Å². The van der Waals surface area contributed by atoms with E-state index in [4.69, 9.17) is 14.6 Å². The summed E-state index contributed by atoms with van der Waals surface area (Å²) in [4.78, 5) is 13.5. The van der Waals surface area contributed by atoms with E-state index in [1.54, 1.807) is 0 Å². The number of nitrogens with two attached hydrogens (primary N) is 1. The smallest absolute Gasteiger partial charge is 0.192 e. The largest absolute Gasteiger partial charge is 0.416 e. The summed E-state index contributed by atoms with van der Waals surface area (Å²) in [6, 6.07) is -0.277. The molecule has 0 saturated heterocycles. The fraction of sp³-hybridized carbons (Fsp3) is 0.947. The van der Waals surface area contributed by atoms with E-state index < -0.39 is 16.6 Å². The van der Waals surface area contributed by atoms with Crippen molar-refractivity contribution in [3.8, 4) is 0 Å². The molecule has 26 heavy (non-hydrogen) atoms. The Hall–Kier alpha value is -0.0562. The lowest BCUT2D eigenvalue weighted by Crippen LogP contribution is -2.49. The van der Waals surface area contributed by atoms with Gasteiger partial charge in [-0.05, 0) is 36.3 Å². The molecule has 0 radical (unpaired) electrons. The van der Waals surface area contributed by atoms with Crippen LogP contribution in [0.1, 0.15) is 41.5 Å². The number of carbonyl (C=O) groups is 1. The predicted molar refractivity (Wildman–Crippen MR) is 117 cm³/mol. The van der Waals surface area contributed by atoms with E-state index in [1.807, 2.05) is 0 Å². The zero-order valence-corrected chi connectivity index (χ0v) is 20.9. The average molecular weight is 405 g/mol. The lowest BCUT2D eigenvalue weighted by molar-refractivity contribution is -0.112. The van der Waals surface area contributed by atoms with E-state index in [-0.39, 0.29) is 16.1 Å². The van der Waals surface area contributed by atoms with E-state index in [0.717, 1.165) is 6.29 Å². The van der Waals surface area contributed by atoms with Crippen molar-refractivity contribution in [2.24, 2.45) is 5.73 Å². The van der Waals surface area contributed by atoms with Crippen molar-refractivity contribution in [1.82, 2.24) is 4.90 Å². The highest BCUT2D eigenvalue weighted by Crippen LogP contribution is 2.37. The molecule has 0 aliphatic rings. The van der Waals surface area contributed by atoms with Crippen LogP contribution in [0.25, 0.3) is 0 Å². The number of hydrogen-bond acceptors (Lipinski definition) is 5. The zero-order chi connectivity index (χ0) is 20.8. The molecule has 7 heteroatoms.